The number of amides is 2. The van der Waals surface area contributed by atoms with Gasteiger partial charge in [-0.1, -0.05) is 20.8 Å². The molecule has 1 rings (SSSR count). The van der Waals surface area contributed by atoms with Crippen LogP contribution in [-0.4, -0.2) is 43.9 Å². The van der Waals surface area contributed by atoms with Crippen LogP contribution in [0.2, 0.25) is 0 Å². The van der Waals surface area contributed by atoms with E-state index in [4.69, 9.17) is 9.47 Å². The summed E-state index contributed by atoms with van der Waals surface area (Å²) in [5, 5.41) is 4.96. The Bertz CT molecular complexity index is 324. The Morgan fingerprint density at radius 2 is 1.33 bits per heavy atom. The van der Waals surface area contributed by atoms with Crippen LogP contribution in [0.5, 0.6) is 0 Å². The Morgan fingerprint density at radius 3 is 1.56 bits per heavy atom. The van der Waals surface area contributed by atoms with Gasteiger partial charge in [-0.2, -0.15) is 0 Å². The van der Waals surface area contributed by atoms with Gasteiger partial charge >= 0.3 is 0 Å². The molecule has 1 aliphatic heterocycles. The van der Waals surface area contributed by atoms with E-state index in [-0.39, 0.29) is 17.2 Å². The minimum absolute atomic E-state index is 0.359. The van der Waals surface area contributed by atoms with Crippen LogP contribution in [0.1, 0.15) is 27.7 Å². The van der Waals surface area contributed by atoms with E-state index in [0.717, 1.165) is 0 Å². The highest BCUT2D eigenvalue weighted by Crippen LogP contribution is 2.42. The van der Waals surface area contributed by atoms with Gasteiger partial charge in [-0.05, 0) is 6.92 Å². The molecule has 1 aliphatic rings. The standard InChI is InChI=1S/C12H22N2O4/c1-11(2,3)12(4)17-7(9(15)13-5)8(18-12)10(16)14-6/h7-8H,1-6H3,(H,13,15)(H,14,16)/t7-,8+,12?. The van der Waals surface area contributed by atoms with Gasteiger partial charge in [0.05, 0.1) is 0 Å². The highest BCUT2D eigenvalue weighted by Gasteiger charge is 2.55. The zero-order chi connectivity index (χ0) is 14.1. The van der Waals surface area contributed by atoms with E-state index in [1.165, 1.54) is 14.1 Å². The molecule has 2 amide bonds. The van der Waals surface area contributed by atoms with Crippen molar-refractivity contribution in [3.05, 3.63) is 0 Å². The predicted octanol–water partition coefficient (Wildman–Crippen LogP) is 0.0247. The maximum atomic E-state index is 11.8. The Hall–Kier alpha value is -1.14. The summed E-state index contributed by atoms with van der Waals surface area (Å²) in [5.41, 5.74) is -0.359. The summed E-state index contributed by atoms with van der Waals surface area (Å²) < 4.78 is 11.4. The first-order chi connectivity index (χ1) is 8.16. The number of likely N-dealkylation sites (N-methyl/N-ethyl adjacent to an activating group) is 2. The lowest BCUT2D eigenvalue weighted by molar-refractivity contribution is -0.223. The van der Waals surface area contributed by atoms with E-state index in [0.29, 0.717) is 0 Å². The molecular weight excluding hydrogens is 236 g/mol. The maximum Gasteiger partial charge on any atom is 0.252 e. The number of carbonyl (C=O) groups excluding carboxylic acids is 2. The molecule has 6 nitrogen and oxygen atoms in total. The fourth-order valence-electron chi connectivity index (χ4n) is 1.66. The average molecular weight is 258 g/mol. The second kappa shape index (κ2) is 4.85. The third kappa shape index (κ3) is 2.49. The van der Waals surface area contributed by atoms with Gasteiger partial charge in [0.2, 0.25) is 0 Å². The summed E-state index contributed by atoms with van der Waals surface area (Å²) in [6, 6.07) is 0. The lowest BCUT2D eigenvalue weighted by Crippen LogP contribution is -2.46. The van der Waals surface area contributed by atoms with Gasteiger partial charge < -0.3 is 20.1 Å². The number of rotatable bonds is 2. The molecule has 3 atom stereocenters. The molecule has 0 aromatic carbocycles. The molecule has 1 saturated heterocycles. The summed E-state index contributed by atoms with van der Waals surface area (Å²) in [6.45, 7) is 7.53. The van der Waals surface area contributed by atoms with Crippen LogP contribution in [0, 0.1) is 5.41 Å². The van der Waals surface area contributed by atoms with Crippen molar-refractivity contribution in [2.45, 2.75) is 45.7 Å². The Labute approximate surface area is 107 Å². The van der Waals surface area contributed by atoms with E-state index in [1.54, 1.807) is 6.92 Å². The smallest absolute Gasteiger partial charge is 0.252 e. The fourth-order valence-corrected chi connectivity index (χ4v) is 1.66. The number of ether oxygens (including phenoxy) is 2. The summed E-state index contributed by atoms with van der Waals surface area (Å²) >= 11 is 0. The fraction of sp³-hybridized carbons (Fsp3) is 0.833. The molecule has 1 heterocycles. The van der Waals surface area contributed by atoms with Gasteiger partial charge in [-0.3, -0.25) is 9.59 Å². The van der Waals surface area contributed by atoms with Crippen LogP contribution in [0.3, 0.4) is 0 Å². The number of nitrogens with one attached hydrogen (secondary N) is 2. The van der Waals surface area contributed by atoms with Crippen LogP contribution in [0.4, 0.5) is 0 Å². The molecule has 1 unspecified atom stereocenters. The first-order valence-corrected chi connectivity index (χ1v) is 5.95. The molecule has 0 aliphatic carbocycles. The molecule has 1 fully saturated rings. The molecule has 0 saturated carbocycles. The van der Waals surface area contributed by atoms with Crippen LogP contribution in [0.25, 0.3) is 0 Å². The van der Waals surface area contributed by atoms with Crippen molar-refractivity contribution in [2.75, 3.05) is 14.1 Å². The Kier molecular flexibility index (Phi) is 4.02. The normalized spacial score (nSPS) is 32.1. The third-order valence-electron chi connectivity index (χ3n) is 3.35. The molecule has 0 aromatic heterocycles. The monoisotopic (exact) mass is 258 g/mol. The van der Waals surface area contributed by atoms with Crippen molar-refractivity contribution < 1.29 is 19.1 Å². The minimum atomic E-state index is -0.985. The summed E-state index contributed by atoms with van der Waals surface area (Å²) in [5.74, 6) is -1.71. The van der Waals surface area contributed by atoms with Gasteiger partial charge in [0.1, 0.15) is 0 Å². The first kappa shape index (κ1) is 14.9. The van der Waals surface area contributed by atoms with E-state index < -0.39 is 18.0 Å². The quantitative estimate of drug-likeness (QED) is 0.732. The SMILES string of the molecule is CNC(=O)[C@H]1OC(C)(C(C)(C)C)O[C@H]1C(=O)NC. The molecule has 0 bridgehead atoms. The molecule has 6 heteroatoms. The van der Waals surface area contributed by atoms with Crippen LogP contribution in [0.15, 0.2) is 0 Å². The molecule has 18 heavy (non-hydrogen) atoms. The van der Waals surface area contributed by atoms with Crippen molar-refractivity contribution in [3.8, 4) is 0 Å². The largest absolute Gasteiger partial charge is 0.357 e. The van der Waals surface area contributed by atoms with E-state index in [2.05, 4.69) is 10.6 Å². The van der Waals surface area contributed by atoms with Gasteiger partial charge in [0.25, 0.3) is 11.8 Å². The Balaban J connectivity index is 3.03. The highest BCUT2D eigenvalue weighted by molar-refractivity contribution is 5.91. The van der Waals surface area contributed by atoms with Crippen molar-refractivity contribution >= 4 is 11.8 Å². The highest BCUT2D eigenvalue weighted by atomic mass is 16.8. The zero-order valence-corrected chi connectivity index (χ0v) is 11.8. The lowest BCUT2D eigenvalue weighted by Gasteiger charge is -2.36. The summed E-state index contributed by atoms with van der Waals surface area (Å²) in [4.78, 5) is 23.5. The van der Waals surface area contributed by atoms with Gasteiger partial charge in [-0.25, -0.2) is 0 Å². The van der Waals surface area contributed by atoms with Crippen molar-refractivity contribution in [3.63, 3.8) is 0 Å². The first-order valence-electron chi connectivity index (χ1n) is 5.95. The lowest BCUT2D eigenvalue weighted by atomic mass is 9.87. The number of carbonyl (C=O) groups is 2. The molecule has 2 N–H and O–H groups in total. The molecule has 0 spiro atoms. The molecule has 0 aromatic rings. The molecule has 0 radical (unpaired) electrons. The zero-order valence-electron chi connectivity index (χ0n) is 11.8. The van der Waals surface area contributed by atoms with Crippen molar-refractivity contribution in [1.29, 1.82) is 0 Å². The van der Waals surface area contributed by atoms with Crippen LogP contribution < -0.4 is 10.6 Å². The molecule has 104 valence electrons. The summed E-state index contributed by atoms with van der Waals surface area (Å²) in [6.07, 6.45) is -1.86. The topological polar surface area (TPSA) is 76.7 Å². The Morgan fingerprint density at radius 1 is 1.00 bits per heavy atom. The maximum absolute atomic E-state index is 11.8. The van der Waals surface area contributed by atoms with E-state index >= 15 is 0 Å². The minimum Gasteiger partial charge on any atom is -0.357 e. The van der Waals surface area contributed by atoms with Gasteiger partial charge in [-0.15, -0.1) is 0 Å². The number of hydrogen-bond acceptors (Lipinski definition) is 4. The van der Waals surface area contributed by atoms with Gasteiger partial charge in [0.15, 0.2) is 18.0 Å². The van der Waals surface area contributed by atoms with Crippen molar-refractivity contribution in [1.82, 2.24) is 10.6 Å². The van der Waals surface area contributed by atoms with E-state index in [1.807, 2.05) is 20.8 Å². The van der Waals surface area contributed by atoms with E-state index in [9.17, 15) is 9.59 Å². The van der Waals surface area contributed by atoms with Crippen LogP contribution >= 0.6 is 0 Å². The number of hydrogen-bond donors (Lipinski definition) is 2. The predicted molar refractivity (Wildman–Crippen MR) is 65.7 cm³/mol. The third-order valence-corrected chi connectivity index (χ3v) is 3.35. The van der Waals surface area contributed by atoms with Crippen molar-refractivity contribution in [2.24, 2.45) is 5.41 Å². The second-order valence-corrected chi connectivity index (χ2v) is 5.50. The second-order valence-electron chi connectivity index (χ2n) is 5.50. The molecular formula is C12H22N2O4. The van der Waals surface area contributed by atoms with Crippen LogP contribution in [-0.2, 0) is 19.1 Å². The summed E-state index contributed by atoms with van der Waals surface area (Å²) in [7, 11) is 3.00. The average Bonchev–Trinajstić information content (AvgIpc) is 2.66. The van der Waals surface area contributed by atoms with Gasteiger partial charge in [0, 0.05) is 19.5 Å².